The topological polar surface area (TPSA) is 74.4 Å². The van der Waals surface area contributed by atoms with Crippen LogP contribution in [0.2, 0.25) is 5.02 Å². The number of ether oxygens (including phenoxy) is 2. The molecule has 2 aromatic carbocycles. The molecule has 2 heterocycles. The Morgan fingerprint density at radius 2 is 1.71 bits per heavy atom. The lowest BCUT2D eigenvalue weighted by Crippen LogP contribution is -2.52. The van der Waals surface area contributed by atoms with E-state index in [1.807, 2.05) is 23.1 Å². The molecule has 35 heavy (non-hydrogen) atoms. The molecule has 9 heteroatoms. The van der Waals surface area contributed by atoms with Crippen molar-refractivity contribution < 1.29 is 19.1 Å². The molecule has 2 fully saturated rings. The zero-order chi connectivity index (χ0) is 24.8. The Labute approximate surface area is 211 Å². The SMILES string of the molecule is COc1ccc(NC(=O)CN2CCC(C(=O)N3CCN(c4cccc(Cl)c4)CC3)CC2)c(OC)c1. The first-order valence-electron chi connectivity index (χ1n) is 12.0. The lowest BCUT2D eigenvalue weighted by molar-refractivity contribution is -0.137. The van der Waals surface area contributed by atoms with E-state index >= 15 is 0 Å². The molecule has 0 spiro atoms. The fourth-order valence-electron chi connectivity index (χ4n) is 4.75. The molecule has 0 saturated carbocycles. The number of rotatable bonds is 7. The predicted molar refractivity (Wildman–Crippen MR) is 138 cm³/mol. The van der Waals surface area contributed by atoms with Gasteiger partial charge in [-0.25, -0.2) is 0 Å². The highest BCUT2D eigenvalue weighted by atomic mass is 35.5. The molecule has 0 aromatic heterocycles. The molecule has 2 saturated heterocycles. The van der Waals surface area contributed by atoms with E-state index in [1.54, 1.807) is 32.4 Å². The van der Waals surface area contributed by atoms with Crippen LogP contribution in [0.25, 0.3) is 0 Å². The highest BCUT2D eigenvalue weighted by Gasteiger charge is 2.31. The summed E-state index contributed by atoms with van der Waals surface area (Å²) >= 11 is 6.12. The second kappa shape index (κ2) is 11.6. The number of nitrogens with one attached hydrogen (secondary N) is 1. The summed E-state index contributed by atoms with van der Waals surface area (Å²) in [6.07, 6.45) is 1.54. The monoisotopic (exact) mass is 500 g/mol. The molecular formula is C26H33ClN4O4. The summed E-state index contributed by atoms with van der Waals surface area (Å²) in [5.74, 6) is 1.38. The smallest absolute Gasteiger partial charge is 0.238 e. The molecule has 2 amide bonds. The van der Waals surface area contributed by atoms with Gasteiger partial charge < -0.3 is 24.6 Å². The van der Waals surface area contributed by atoms with E-state index < -0.39 is 0 Å². The summed E-state index contributed by atoms with van der Waals surface area (Å²) in [6, 6.07) is 13.1. The van der Waals surface area contributed by atoms with Gasteiger partial charge in [0, 0.05) is 48.9 Å². The number of nitrogens with zero attached hydrogens (tertiary/aromatic N) is 3. The molecule has 0 radical (unpaired) electrons. The molecule has 188 valence electrons. The summed E-state index contributed by atoms with van der Waals surface area (Å²) in [4.78, 5) is 32.1. The van der Waals surface area contributed by atoms with E-state index in [9.17, 15) is 9.59 Å². The van der Waals surface area contributed by atoms with Crippen LogP contribution >= 0.6 is 11.6 Å². The van der Waals surface area contributed by atoms with Gasteiger partial charge in [-0.2, -0.15) is 0 Å². The highest BCUT2D eigenvalue weighted by molar-refractivity contribution is 6.30. The van der Waals surface area contributed by atoms with Crippen LogP contribution in [-0.4, -0.2) is 81.6 Å². The zero-order valence-electron chi connectivity index (χ0n) is 20.3. The molecule has 0 unspecified atom stereocenters. The molecule has 1 N–H and O–H groups in total. The van der Waals surface area contributed by atoms with Gasteiger partial charge in [-0.1, -0.05) is 17.7 Å². The van der Waals surface area contributed by atoms with Crippen molar-refractivity contribution in [3.05, 3.63) is 47.5 Å². The van der Waals surface area contributed by atoms with E-state index in [4.69, 9.17) is 21.1 Å². The van der Waals surface area contributed by atoms with Crippen LogP contribution in [0.1, 0.15) is 12.8 Å². The molecular weight excluding hydrogens is 468 g/mol. The Morgan fingerprint density at radius 3 is 2.37 bits per heavy atom. The second-order valence-corrected chi connectivity index (χ2v) is 9.39. The summed E-state index contributed by atoms with van der Waals surface area (Å²) < 4.78 is 10.6. The van der Waals surface area contributed by atoms with Crippen LogP contribution in [0.4, 0.5) is 11.4 Å². The lowest BCUT2D eigenvalue weighted by atomic mass is 9.95. The van der Waals surface area contributed by atoms with Crippen molar-refractivity contribution in [1.29, 1.82) is 0 Å². The number of halogens is 1. The van der Waals surface area contributed by atoms with Crippen molar-refractivity contribution in [2.75, 3.05) is 70.2 Å². The van der Waals surface area contributed by atoms with Crippen molar-refractivity contribution in [2.45, 2.75) is 12.8 Å². The first-order chi connectivity index (χ1) is 17.0. The minimum absolute atomic E-state index is 0.0220. The van der Waals surface area contributed by atoms with Crippen LogP contribution in [0.15, 0.2) is 42.5 Å². The quantitative estimate of drug-likeness (QED) is 0.628. The highest BCUT2D eigenvalue weighted by Crippen LogP contribution is 2.29. The standard InChI is InChI=1S/C26H33ClN4O4/c1-34-22-6-7-23(24(17-22)35-2)28-25(32)18-29-10-8-19(9-11-29)26(33)31-14-12-30(13-15-31)21-5-3-4-20(27)16-21/h3-7,16-17,19H,8-15,18H2,1-2H3,(H,28,32). The molecule has 0 atom stereocenters. The number of piperazine rings is 1. The lowest BCUT2D eigenvalue weighted by Gasteiger charge is -2.39. The van der Waals surface area contributed by atoms with E-state index in [-0.39, 0.29) is 24.3 Å². The Morgan fingerprint density at radius 1 is 0.971 bits per heavy atom. The molecule has 2 aromatic rings. The van der Waals surface area contributed by atoms with E-state index in [0.29, 0.717) is 17.2 Å². The fraction of sp³-hybridized carbons (Fsp3) is 0.462. The predicted octanol–water partition coefficient (Wildman–Crippen LogP) is 3.36. The first kappa shape index (κ1) is 25.1. The average molecular weight is 501 g/mol. The van der Waals surface area contributed by atoms with Crippen molar-refractivity contribution >= 4 is 34.8 Å². The molecule has 0 aliphatic carbocycles. The summed E-state index contributed by atoms with van der Waals surface area (Å²) in [5.41, 5.74) is 1.71. The van der Waals surface area contributed by atoms with Crippen molar-refractivity contribution in [3.8, 4) is 11.5 Å². The van der Waals surface area contributed by atoms with Crippen molar-refractivity contribution in [2.24, 2.45) is 5.92 Å². The zero-order valence-corrected chi connectivity index (χ0v) is 21.1. The van der Waals surface area contributed by atoms with Crippen LogP contribution < -0.4 is 19.7 Å². The number of piperidine rings is 1. The van der Waals surface area contributed by atoms with Gasteiger partial charge in [-0.15, -0.1) is 0 Å². The molecule has 4 rings (SSSR count). The van der Waals surface area contributed by atoms with Gasteiger partial charge in [0.15, 0.2) is 0 Å². The van der Waals surface area contributed by atoms with Gasteiger partial charge in [-0.05, 0) is 56.3 Å². The summed E-state index contributed by atoms with van der Waals surface area (Å²) in [5, 5.41) is 3.64. The third-order valence-electron chi connectivity index (χ3n) is 6.75. The molecule has 2 aliphatic heterocycles. The minimum atomic E-state index is -0.101. The van der Waals surface area contributed by atoms with Gasteiger partial charge in [0.05, 0.1) is 26.5 Å². The number of anilines is 2. The van der Waals surface area contributed by atoms with Crippen molar-refractivity contribution in [1.82, 2.24) is 9.80 Å². The second-order valence-electron chi connectivity index (χ2n) is 8.96. The fourth-order valence-corrected chi connectivity index (χ4v) is 4.93. The Hall–Kier alpha value is -2.97. The van der Waals surface area contributed by atoms with Gasteiger partial charge in [-0.3, -0.25) is 14.5 Å². The number of carbonyl (C=O) groups excluding carboxylic acids is 2. The Balaban J connectivity index is 1.22. The van der Waals surface area contributed by atoms with Gasteiger partial charge in [0.25, 0.3) is 0 Å². The number of hydrogen-bond donors (Lipinski definition) is 1. The number of hydrogen-bond acceptors (Lipinski definition) is 6. The number of methoxy groups -OCH3 is 2. The van der Waals surface area contributed by atoms with Gasteiger partial charge in [0.2, 0.25) is 11.8 Å². The van der Waals surface area contributed by atoms with Crippen LogP contribution in [0.3, 0.4) is 0 Å². The number of carbonyl (C=O) groups is 2. The first-order valence-corrected chi connectivity index (χ1v) is 12.4. The third kappa shape index (κ3) is 6.38. The van der Waals surface area contributed by atoms with E-state index in [0.717, 1.165) is 62.8 Å². The maximum absolute atomic E-state index is 13.1. The number of amides is 2. The maximum Gasteiger partial charge on any atom is 0.238 e. The van der Waals surface area contributed by atoms with Crippen LogP contribution in [0.5, 0.6) is 11.5 Å². The number of likely N-dealkylation sites (tertiary alicyclic amines) is 1. The van der Waals surface area contributed by atoms with Crippen molar-refractivity contribution in [3.63, 3.8) is 0 Å². The Bertz CT molecular complexity index is 1030. The summed E-state index contributed by atoms with van der Waals surface area (Å²) in [7, 11) is 3.14. The summed E-state index contributed by atoms with van der Waals surface area (Å²) in [6.45, 7) is 4.79. The minimum Gasteiger partial charge on any atom is -0.497 e. The third-order valence-corrected chi connectivity index (χ3v) is 6.99. The normalized spacial score (nSPS) is 17.2. The molecule has 8 nitrogen and oxygen atoms in total. The van der Waals surface area contributed by atoms with E-state index in [2.05, 4.69) is 21.2 Å². The maximum atomic E-state index is 13.1. The van der Waals surface area contributed by atoms with Gasteiger partial charge >= 0.3 is 0 Å². The van der Waals surface area contributed by atoms with Crippen LogP contribution in [-0.2, 0) is 9.59 Å². The van der Waals surface area contributed by atoms with E-state index in [1.165, 1.54) is 0 Å². The molecule has 0 bridgehead atoms. The molecule has 2 aliphatic rings. The number of benzene rings is 2. The average Bonchev–Trinajstić information content (AvgIpc) is 2.89. The Kier molecular flexibility index (Phi) is 8.36. The van der Waals surface area contributed by atoms with Gasteiger partial charge in [0.1, 0.15) is 11.5 Å². The van der Waals surface area contributed by atoms with Crippen LogP contribution in [0, 0.1) is 5.92 Å². The largest absolute Gasteiger partial charge is 0.497 e.